The molecule has 9 heteroatoms. The predicted molar refractivity (Wildman–Crippen MR) is 96.5 cm³/mol. The van der Waals surface area contributed by atoms with Crippen molar-refractivity contribution in [3.05, 3.63) is 46.0 Å². The molecule has 3 aromatic rings. The van der Waals surface area contributed by atoms with Gasteiger partial charge in [0.2, 0.25) is 11.6 Å². The predicted octanol–water partition coefficient (Wildman–Crippen LogP) is 0.528. The fourth-order valence-electron chi connectivity index (χ4n) is 3.34. The van der Waals surface area contributed by atoms with Crippen molar-refractivity contribution in [3.63, 3.8) is 0 Å². The van der Waals surface area contributed by atoms with E-state index >= 15 is 0 Å². The number of amides is 2. The van der Waals surface area contributed by atoms with Crippen molar-refractivity contribution in [1.29, 1.82) is 0 Å². The summed E-state index contributed by atoms with van der Waals surface area (Å²) in [6.07, 6.45) is 3.76. The van der Waals surface area contributed by atoms with Crippen molar-refractivity contribution in [2.45, 2.75) is 26.3 Å². The zero-order valence-corrected chi connectivity index (χ0v) is 15.2. The van der Waals surface area contributed by atoms with E-state index in [1.54, 1.807) is 13.2 Å². The van der Waals surface area contributed by atoms with Gasteiger partial charge in [0.1, 0.15) is 23.3 Å². The monoisotopic (exact) mass is 369 g/mol. The molecule has 0 bridgehead atoms. The molecular weight excluding hydrogens is 350 g/mol. The van der Waals surface area contributed by atoms with Gasteiger partial charge in [0.05, 0.1) is 5.69 Å². The normalized spacial score (nSPS) is 16.7. The van der Waals surface area contributed by atoms with Gasteiger partial charge in [-0.3, -0.25) is 18.8 Å². The molecular formula is C18H19N5O4. The Bertz CT molecular complexity index is 1140. The summed E-state index contributed by atoms with van der Waals surface area (Å²) in [5, 5.41) is 5.31. The summed E-state index contributed by atoms with van der Waals surface area (Å²) in [6, 6.07) is 1.29. The molecule has 27 heavy (non-hydrogen) atoms. The summed E-state index contributed by atoms with van der Waals surface area (Å²) in [6.45, 7) is 4.20. The largest absolute Gasteiger partial charge is 0.466 e. The van der Waals surface area contributed by atoms with Gasteiger partial charge in [-0.15, -0.1) is 0 Å². The third-order valence-electron chi connectivity index (χ3n) is 4.75. The zero-order valence-electron chi connectivity index (χ0n) is 15.2. The smallest absolute Gasteiger partial charge is 0.294 e. The number of carbonyl (C=O) groups is 2. The molecule has 1 aliphatic rings. The lowest BCUT2D eigenvalue weighted by Crippen LogP contribution is -2.40. The molecule has 3 aromatic heterocycles. The molecule has 1 fully saturated rings. The number of furan rings is 1. The second-order valence-electron chi connectivity index (χ2n) is 6.67. The Kier molecular flexibility index (Phi) is 3.87. The highest BCUT2D eigenvalue weighted by Gasteiger charge is 2.27. The van der Waals surface area contributed by atoms with Gasteiger partial charge >= 0.3 is 0 Å². The van der Waals surface area contributed by atoms with Gasteiger partial charge in [0, 0.05) is 31.5 Å². The summed E-state index contributed by atoms with van der Waals surface area (Å²) in [7, 11) is 1.65. The number of aromatic nitrogens is 3. The van der Waals surface area contributed by atoms with Gasteiger partial charge < -0.3 is 19.6 Å². The molecule has 2 N–H and O–H groups in total. The summed E-state index contributed by atoms with van der Waals surface area (Å²) in [5.41, 5.74) is 1.35. The SMILES string of the molecule is Cc1cc(-c2cn3cc(C(=O)N[C@H]4CCNC4=O)nc3c(=O)n2C)c(C)o1. The van der Waals surface area contributed by atoms with Crippen molar-refractivity contribution in [2.24, 2.45) is 7.05 Å². The van der Waals surface area contributed by atoms with Crippen molar-refractivity contribution < 1.29 is 14.0 Å². The second kappa shape index (κ2) is 6.11. The number of carbonyl (C=O) groups excluding carboxylic acids is 2. The number of hydrogen-bond donors (Lipinski definition) is 2. The first kappa shape index (κ1) is 17.1. The molecule has 0 aromatic carbocycles. The lowest BCUT2D eigenvalue weighted by atomic mass is 10.2. The lowest BCUT2D eigenvalue weighted by Gasteiger charge is -2.07. The molecule has 1 saturated heterocycles. The van der Waals surface area contributed by atoms with Gasteiger partial charge in [0.15, 0.2) is 0 Å². The minimum atomic E-state index is -0.572. The first-order chi connectivity index (χ1) is 12.8. The average Bonchev–Trinajstić information content (AvgIpc) is 3.30. The number of hydrogen-bond acceptors (Lipinski definition) is 5. The first-order valence-electron chi connectivity index (χ1n) is 8.60. The fraction of sp³-hybridized carbons (Fsp3) is 0.333. The van der Waals surface area contributed by atoms with Crippen LogP contribution in [-0.2, 0) is 11.8 Å². The topological polar surface area (TPSA) is 111 Å². The Labute approximate surface area is 154 Å². The third kappa shape index (κ3) is 2.80. The highest BCUT2D eigenvalue weighted by Crippen LogP contribution is 2.25. The number of nitrogens with zero attached hydrogens (tertiary/aromatic N) is 3. The van der Waals surface area contributed by atoms with Crippen molar-refractivity contribution >= 4 is 17.5 Å². The maximum atomic E-state index is 12.7. The molecule has 2 amide bonds. The highest BCUT2D eigenvalue weighted by atomic mass is 16.3. The first-order valence-corrected chi connectivity index (χ1v) is 8.60. The number of nitrogens with one attached hydrogen (secondary N) is 2. The van der Waals surface area contributed by atoms with Crippen LogP contribution in [0, 0.1) is 13.8 Å². The van der Waals surface area contributed by atoms with Crippen LogP contribution in [0.3, 0.4) is 0 Å². The van der Waals surface area contributed by atoms with Crippen molar-refractivity contribution in [3.8, 4) is 11.3 Å². The van der Waals surface area contributed by atoms with Crippen LogP contribution >= 0.6 is 0 Å². The van der Waals surface area contributed by atoms with Gasteiger partial charge in [0.25, 0.3) is 11.5 Å². The van der Waals surface area contributed by atoms with Crippen molar-refractivity contribution in [2.75, 3.05) is 6.54 Å². The average molecular weight is 369 g/mol. The minimum absolute atomic E-state index is 0.0871. The van der Waals surface area contributed by atoms with E-state index in [1.807, 2.05) is 19.9 Å². The Hall–Kier alpha value is -3.36. The Morgan fingerprint density at radius 1 is 1.33 bits per heavy atom. The summed E-state index contributed by atoms with van der Waals surface area (Å²) < 4.78 is 8.57. The highest BCUT2D eigenvalue weighted by molar-refractivity contribution is 5.97. The summed E-state index contributed by atoms with van der Waals surface area (Å²) in [4.78, 5) is 41.0. The standard InChI is InChI=1S/C18H19N5O4/c1-9-6-11(10(2)27-9)14-8-23-7-13(20-15(23)18(26)22(14)3)17(25)21-12-4-5-19-16(12)24/h6-8,12H,4-5H2,1-3H3,(H,19,24)(H,21,25)/t12-/m0/s1. The number of rotatable bonds is 3. The van der Waals surface area contributed by atoms with E-state index in [1.165, 1.54) is 15.2 Å². The molecule has 1 aliphatic heterocycles. The van der Waals surface area contributed by atoms with E-state index in [9.17, 15) is 14.4 Å². The van der Waals surface area contributed by atoms with E-state index in [2.05, 4.69) is 15.6 Å². The molecule has 0 aliphatic carbocycles. The van der Waals surface area contributed by atoms with Gasteiger partial charge in [-0.05, 0) is 26.3 Å². The maximum Gasteiger partial charge on any atom is 0.294 e. The fourth-order valence-corrected chi connectivity index (χ4v) is 3.34. The summed E-state index contributed by atoms with van der Waals surface area (Å²) in [5.74, 6) is 0.749. The molecule has 0 saturated carbocycles. The van der Waals surface area contributed by atoms with Gasteiger partial charge in [-0.1, -0.05) is 0 Å². The molecule has 1 atom stereocenters. The zero-order chi connectivity index (χ0) is 19.3. The van der Waals surface area contributed by atoms with E-state index in [0.717, 1.165) is 11.3 Å². The van der Waals surface area contributed by atoms with E-state index in [-0.39, 0.29) is 22.8 Å². The molecule has 4 heterocycles. The Morgan fingerprint density at radius 3 is 2.74 bits per heavy atom. The van der Waals surface area contributed by atoms with Crippen LogP contribution in [0.5, 0.6) is 0 Å². The Morgan fingerprint density at radius 2 is 2.11 bits per heavy atom. The molecule has 9 nitrogen and oxygen atoms in total. The van der Waals surface area contributed by atoms with E-state index in [0.29, 0.717) is 24.4 Å². The molecule has 0 radical (unpaired) electrons. The van der Waals surface area contributed by atoms with Crippen LogP contribution < -0.4 is 16.2 Å². The maximum absolute atomic E-state index is 12.7. The van der Waals surface area contributed by atoms with Crippen LogP contribution in [0.15, 0.2) is 27.7 Å². The Balaban J connectivity index is 1.75. The van der Waals surface area contributed by atoms with Gasteiger partial charge in [-0.2, -0.15) is 0 Å². The van der Waals surface area contributed by atoms with Gasteiger partial charge in [-0.25, -0.2) is 4.98 Å². The molecule has 140 valence electrons. The van der Waals surface area contributed by atoms with Crippen LogP contribution in [0.1, 0.15) is 28.4 Å². The number of fused-ring (bicyclic) bond motifs is 1. The quantitative estimate of drug-likeness (QED) is 0.700. The lowest BCUT2D eigenvalue weighted by molar-refractivity contribution is -0.120. The number of imidazole rings is 1. The minimum Gasteiger partial charge on any atom is -0.466 e. The van der Waals surface area contributed by atoms with E-state index < -0.39 is 11.9 Å². The van der Waals surface area contributed by atoms with E-state index in [4.69, 9.17) is 4.42 Å². The second-order valence-corrected chi connectivity index (χ2v) is 6.67. The van der Waals surface area contributed by atoms with Crippen LogP contribution in [0.2, 0.25) is 0 Å². The molecule has 0 spiro atoms. The number of aryl methyl sites for hydroxylation is 2. The van der Waals surface area contributed by atoms with Crippen LogP contribution in [0.4, 0.5) is 0 Å². The van der Waals surface area contributed by atoms with Crippen LogP contribution in [0.25, 0.3) is 16.9 Å². The molecule has 0 unspecified atom stereocenters. The van der Waals surface area contributed by atoms with Crippen LogP contribution in [-0.4, -0.2) is 38.4 Å². The molecule has 4 rings (SSSR count). The third-order valence-corrected chi connectivity index (χ3v) is 4.75. The summed E-state index contributed by atoms with van der Waals surface area (Å²) >= 11 is 0. The van der Waals surface area contributed by atoms with Crippen molar-refractivity contribution in [1.82, 2.24) is 24.6 Å².